The van der Waals surface area contributed by atoms with Gasteiger partial charge < -0.3 is 9.84 Å². The molecular weight excluding hydrogens is 348 g/mol. The third kappa shape index (κ3) is 3.27. The quantitative estimate of drug-likeness (QED) is 0.703. The van der Waals surface area contributed by atoms with Gasteiger partial charge in [-0.05, 0) is 60.2 Å². The fraction of sp³-hybridized carbons (Fsp3) is 0.227. The van der Waals surface area contributed by atoms with Gasteiger partial charge in [0.15, 0.2) is 0 Å². The van der Waals surface area contributed by atoms with E-state index in [1.807, 2.05) is 50.3 Å². The molecule has 0 saturated heterocycles. The van der Waals surface area contributed by atoms with Crippen molar-refractivity contribution in [3.8, 4) is 16.9 Å². The lowest BCUT2D eigenvalue weighted by molar-refractivity contribution is 0.0697. The Morgan fingerprint density at radius 1 is 1.15 bits per heavy atom. The summed E-state index contributed by atoms with van der Waals surface area (Å²) in [6.45, 7) is 4.03. The van der Waals surface area contributed by atoms with Crippen molar-refractivity contribution in [3.05, 3.63) is 70.8 Å². The van der Waals surface area contributed by atoms with E-state index in [9.17, 15) is 9.90 Å². The Balaban J connectivity index is 2.38. The second kappa shape index (κ2) is 7.38. The van der Waals surface area contributed by atoms with E-state index in [1.165, 1.54) is 0 Å². The van der Waals surface area contributed by atoms with E-state index < -0.39 is 5.97 Å². The first kappa shape index (κ1) is 18.3. The molecule has 0 aliphatic heterocycles. The molecule has 0 spiro atoms. The number of allylic oxidation sites excluding steroid dienone is 4. The zero-order chi connectivity index (χ0) is 18.8. The van der Waals surface area contributed by atoms with Crippen molar-refractivity contribution in [2.75, 3.05) is 7.11 Å². The minimum Gasteiger partial charge on any atom is -0.496 e. The Morgan fingerprint density at radius 2 is 1.88 bits per heavy atom. The fourth-order valence-corrected chi connectivity index (χ4v) is 3.69. The molecule has 0 fully saturated rings. The molecule has 4 heteroatoms. The molecule has 1 aliphatic rings. The van der Waals surface area contributed by atoms with Gasteiger partial charge in [-0.15, -0.1) is 11.6 Å². The second-order valence-electron chi connectivity index (χ2n) is 6.43. The number of rotatable bonds is 4. The Kier molecular flexibility index (Phi) is 5.19. The van der Waals surface area contributed by atoms with Crippen LogP contribution < -0.4 is 4.74 Å². The van der Waals surface area contributed by atoms with Crippen LogP contribution in [-0.2, 0) is 0 Å². The summed E-state index contributed by atoms with van der Waals surface area (Å²) in [6.07, 6.45) is 4.67. The van der Waals surface area contributed by atoms with Crippen LogP contribution in [-0.4, -0.2) is 23.6 Å². The number of alkyl halides is 1. The van der Waals surface area contributed by atoms with Crippen LogP contribution in [0.15, 0.2) is 54.1 Å². The highest BCUT2D eigenvalue weighted by atomic mass is 35.5. The second-order valence-corrected chi connectivity index (χ2v) is 6.99. The Hall–Kier alpha value is -2.52. The van der Waals surface area contributed by atoms with Crippen molar-refractivity contribution < 1.29 is 14.6 Å². The van der Waals surface area contributed by atoms with Gasteiger partial charge in [0.1, 0.15) is 5.75 Å². The van der Waals surface area contributed by atoms with Crippen LogP contribution in [0.4, 0.5) is 0 Å². The molecule has 0 amide bonds. The van der Waals surface area contributed by atoms with Crippen LogP contribution >= 0.6 is 11.6 Å². The van der Waals surface area contributed by atoms with Crippen LogP contribution in [0, 0.1) is 6.92 Å². The smallest absolute Gasteiger partial charge is 0.336 e. The summed E-state index contributed by atoms with van der Waals surface area (Å²) >= 11 is 6.39. The fourth-order valence-electron chi connectivity index (χ4n) is 3.46. The Morgan fingerprint density at radius 3 is 2.58 bits per heavy atom. The molecule has 1 atom stereocenters. The van der Waals surface area contributed by atoms with E-state index in [1.54, 1.807) is 19.2 Å². The third-order valence-corrected chi connectivity index (χ3v) is 5.05. The molecule has 0 heterocycles. The van der Waals surface area contributed by atoms with Crippen molar-refractivity contribution in [1.29, 1.82) is 0 Å². The van der Waals surface area contributed by atoms with E-state index in [2.05, 4.69) is 0 Å². The lowest BCUT2D eigenvalue weighted by atomic mass is 9.83. The van der Waals surface area contributed by atoms with Crippen LogP contribution in [0.1, 0.15) is 34.8 Å². The molecule has 2 aromatic rings. The average Bonchev–Trinajstić information content (AvgIpc) is 2.63. The van der Waals surface area contributed by atoms with Gasteiger partial charge in [0, 0.05) is 5.56 Å². The summed E-state index contributed by atoms with van der Waals surface area (Å²) in [5.41, 5.74) is 5.97. The molecule has 1 N–H and O–H groups in total. The molecule has 0 aromatic heterocycles. The van der Waals surface area contributed by atoms with E-state index in [0.29, 0.717) is 12.0 Å². The number of benzene rings is 2. The van der Waals surface area contributed by atoms with Crippen molar-refractivity contribution in [2.24, 2.45) is 0 Å². The van der Waals surface area contributed by atoms with Crippen LogP contribution in [0.5, 0.6) is 5.75 Å². The molecule has 0 bridgehead atoms. The van der Waals surface area contributed by atoms with Gasteiger partial charge in [0.05, 0.1) is 18.1 Å². The number of hydrogen-bond donors (Lipinski definition) is 1. The maximum Gasteiger partial charge on any atom is 0.336 e. The average molecular weight is 369 g/mol. The van der Waals surface area contributed by atoms with Crippen molar-refractivity contribution in [1.82, 2.24) is 0 Å². The van der Waals surface area contributed by atoms with Crippen LogP contribution in [0.2, 0.25) is 0 Å². The summed E-state index contributed by atoms with van der Waals surface area (Å²) in [5, 5.41) is 9.57. The SMILES string of the molecule is COc1ccc(C)c(-c2ccccc2C(=O)O)c1C1=C(C)C=CC(Cl)C1. The van der Waals surface area contributed by atoms with E-state index >= 15 is 0 Å². The highest BCUT2D eigenvalue weighted by molar-refractivity contribution is 6.22. The summed E-state index contributed by atoms with van der Waals surface area (Å²) in [4.78, 5) is 11.8. The number of carbonyl (C=O) groups is 1. The zero-order valence-corrected chi connectivity index (χ0v) is 15.8. The maximum absolute atomic E-state index is 11.8. The molecule has 134 valence electrons. The van der Waals surface area contributed by atoms with Crippen molar-refractivity contribution in [3.63, 3.8) is 0 Å². The molecular formula is C22H21ClO3. The number of ether oxygens (including phenoxy) is 1. The minimum atomic E-state index is -0.946. The standard InChI is InChI=1S/C22H21ClO3/c1-13-8-10-15(23)12-18(13)21-19(26-3)11-9-14(2)20(21)16-6-4-5-7-17(16)22(24)25/h4-11,15H,12H2,1-3H3,(H,24,25). The third-order valence-electron chi connectivity index (χ3n) is 4.75. The summed E-state index contributed by atoms with van der Waals surface area (Å²) in [7, 11) is 1.63. The lowest BCUT2D eigenvalue weighted by Crippen LogP contribution is -2.08. The monoisotopic (exact) mass is 368 g/mol. The molecule has 3 nitrogen and oxygen atoms in total. The number of carboxylic acid groups (broad SMARTS) is 1. The molecule has 1 unspecified atom stereocenters. The number of aromatic carboxylic acids is 1. The predicted octanol–water partition coefficient (Wildman–Crippen LogP) is 5.71. The molecule has 0 radical (unpaired) electrons. The van der Waals surface area contributed by atoms with Gasteiger partial charge in [-0.3, -0.25) is 0 Å². The summed E-state index contributed by atoms with van der Waals surface area (Å²) in [6, 6.07) is 11.0. The first-order valence-electron chi connectivity index (χ1n) is 8.46. The first-order valence-corrected chi connectivity index (χ1v) is 8.90. The van der Waals surface area contributed by atoms with E-state index in [0.717, 1.165) is 33.6 Å². The first-order chi connectivity index (χ1) is 12.4. The normalized spacial score (nSPS) is 16.7. The van der Waals surface area contributed by atoms with Gasteiger partial charge in [0.2, 0.25) is 0 Å². The summed E-state index contributed by atoms with van der Waals surface area (Å²) in [5.74, 6) is -0.225. The van der Waals surface area contributed by atoms with Gasteiger partial charge in [-0.25, -0.2) is 4.79 Å². The van der Waals surface area contributed by atoms with Gasteiger partial charge in [-0.1, -0.05) is 36.4 Å². The number of hydrogen-bond acceptors (Lipinski definition) is 2. The zero-order valence-electron chi connectivity index (χ0n) is 15.0. The number of halogens is 1. The van der Waals surface area contributed by atoms with Crippen molar-refractivity contribution in [2.45, 2.75) is 25.6 Å². The highest BCUT2D eigenvalue weighted by Crippen LogP contribution is 2.44. The molecule has 2 aromatic carbocycles. The molecule has 0 saturated carbocycles. The largest absolute Gasteiger partial charge is 0.496 e. The van der Waals surface area contributed by atoms with E-state index in [-0.39, 0.29) is 10.9 Å². The van der Waals surface area contributed by atoms with Crippen LogP contribution in [0.25, 0.3) is 16.7 Å². The molecule has 3 rings (SSSR count). The Bertz CT molecular complexity index is 925. The Labute approximate surface area is 158 Å². The highest BCUT2D eigenvalue weighted by Gasteiger charge is 2.24. The van der Waals surface area contributed by atoms with E-state index in [4.69, 9.17) is 16.3 Å². The molecule has 26 heavy (non-hydrogen) atoms. The van der Waals surface area contributed by atoms with Crippen molar-refractivity contribution >= 4 is 23.1 Å². The number of methoxy groups -OCH3 is 1. The minimum absolute atomic E-state index is 0.0958. The lowest BCUT2D eigenvalue weighted by Gasteiger charge is -2.24. The topological polar surface area (TPSA) is 46.5 Å². The molecule has 1 aliphatic carbocycles. The number of carboxylic acids is 1. The van der Waals surface area contributed by atoms with Crippen LogP contribution in [0.3, 0.4) is 0 Å². The predicted molar refractivity (Wildman–Crippen MR) is 106 cm³/mol. The van der Waals surface area contributed by atoms with Gasteiger partial charge >= 0.3 is 5.97 Å². The van der Waals surface area contributed by atoms with Gasteiger partial charge in [0.25, 0.3) is 0 Å². The number of aryl methyl sites for hydroxylation is 1. The van der Waals surface area contributed by atoms with Gasteiger partial charge in [-0.2, -0.15) is 0 Å². The summed E-state index contributed by atoms with van der Waals surface area (Å²) < 4.78 is 5.65. The maximum atomic E-state index is 11.8.